The molecule has 5 heteroatoms. The first-order valence-corrected chi connectivity index (χ1v) is 5.73. The van der Waals surface area contributed by atoms with Gasteiger partial charge >= 0.3 is 0 Å². The zero-order valence-corrected chi connectivity index (χ0v) is 10.2. The topological polar surface area (TPSA) is 16.1 Å². The summed E-state index contributed by atoms with van der Waals surface area (Å²) in [7, 11) is 2.00. The molecule has 0 atom stereocenters. The third-order valence-corrected chi connectivity index (χ3v) is 3.83. The lowest BCUT2D eigenvalue weighted by atomic mass is 10.4. The van der Waals surface area contributed by atoms with E-state index in [0.29, 0.717) is 17.1 Å². The summed E-state index contributed by atoms with van der Waals surface area (Å²) in [6.45, 7) is 4.21. The number of nitrogens with zero attached hydrogens (tertiary/aromatic N) is 2. The molecule has 0 aromatic carbocycles. The maximum absolute atomic E-state index is 5.88. The number of alkyl halides is 1. The van der Waals surface area contributed by atoms with Crippen molar-refractivity contribution in [2.75, 3.05) is 11.9 Å². The van der Waals surface area contributed by atoms with Crippen LogP contribution in [0.4, 0.5) is 5.13 Å². The number of anilines is 1. The van der Waals surface area contributed by atoms with Gasteiger partial charge in [-0.3, -0.25) is 0 Å². The highest BCUT2D eigenvalue weighted by Gasteiger charge is 2.13. The highest BCUT2D eigenvalue weighted by molar-refractivity contribution is 7.16. The molecule has 0 spiro atoms. The SMILES string of the molecule is CC(C)N(C)c1nc(Cl)c(CCl)s1. The maximum atomic E-state index is 5.88. The van der Waals surface area contributed by atoms with Gasteiger partial charge in [0.05, 0.1) is 10.8 Å². The van der Waals surface area contributed by atoms with Gasteiger partial charge in [0.25, 0.3) is 0 Å². The Labute approximate surface area is 92.5 Å². The summed E-state index contributed by atoms with van der Waals surface area (Å²) >= 11 is 13.1. The summed E-state index contributed by atoms with van der Waals surface area (Å²) in [6.07, 6.45) is 0. The van der Waals surface area contributed by atoms with Crippen molar-refractivity contribution in [3.63, 3.8) is 0 Å². The first-order valence-electron chi connectivity index (χ1n) is 4.00. The van der Waals surface area contributed by atoms with Crippen molar-refractivity contribution in [1.82, 2.24) is 4.98 Å². The molecule has 0 bridgehead atoms. The lowest BCUT2D eigenvalue weighted by molar-refractivity contribution is 0.751. The molecule has 1 heterocycles. The summed E-state index contributed by atoms with van der Waals surface area (Å²) < 4.78 is 0. The fourth-order valence-corrected chi connectivity index (χ4v) is 2.34. The van der Waals surface area contributed by atoms with Gasteiger partial charge in [0.1, 0.15) is 5.15 Å². The first kappa shape index (κ1) is 11.1. The third kappa shape index (κ3) is 2.48. The average Bonchev–Trinajstić information content (AvgIpc) is 2.45. The van der Waals surface area contributed by atoms with Crippen molar-refractivity contribution in [2.24, 2.45) is 0 Å². The Balaban J connectivity index is 2.90. The van der Waals surface area contributed by atoms with Gasteiger partial charge in [-0.2, -0.15) is 0 Å². The Morgan fingerprint density at radius 1 is 1.54 bits per heavy atom. The fraction of sp³-hybridized carbons (Fsp3) is 0.625. The number of rotatable bonds is 3. The standard InChI is InChI=1S/C8H12Cl2N2S/c1-5(2)12(3)8-11-7(10)6(4-9)13-8/h5H,4H2,1-3H3. The quantitative estimate of drug-likeness (QED) is 0.751. The van der Waals surface area contributed by atoms with E-state index >= 15 is 0 Å². The molecule has 0 radical (unpaired) electrons. The van der Waals surface area contributed by atoms with Crippen LogP contribution in [0.2, 0.25) is 5.15 Å². The lowest BCUT2D eigenvalue weighted by Crippen LogP contribution is -2.25. The smallest absolute Gasteiger partial charge is 0.187 e. The first-order chi connectivity index (χ1) is 6.06. The minimum atomic E-state index is 0.422. The van der Waals surface area contributed by atoms with Crippen LogP contribution in [-0.2, 0) is 5.88 Å². The second-order valence-corrected chi connectivity index (χ2v) is 4.74. The van der Waals surface area contributed by atoms with E-state index in [0.717, 1.165) is 10.0 Å². The van der Waals surface area contributed by atoms with Gasteiger partial charge in [0, 0.05) is 13.1 Å². The van der Waals surface area contributed by atoms with E-state index in [9.17, 15) is 0 Å². The molecule has 0 aliphatic carbocycles. The fourth-order valence-electron chi connectivity index (χ4n) is 0.776. The van der Waals surface area contributed by atoms with Crippen LogP contribution in [0.15, 0.2) is 0 Å². The molecule has 74 valence electrons. The van der Waals surface area contributed by atoms with E-state index in [-0.39, 0.29) is 0 Å². The van der Waals surface area contributed by atoms with Gasteiger partial charge in [-0.15, -0.1) is 11.6 Å². The van der Waals surface area contributed by atoms with Crippen molar-refractivity contribution >= 4 is 39.7 Å². The number of halogens is 2. The molecule has 0 saturated carbocycles. The van der Waals surface area contributed by atoms with Gasteiger partial charge in [-0.1, -0.05) is 22.9 Å². The minimum Gasteiger partial charge on any atom is -0.349 e. The van der Waals surface area contributed by atoms with Gasteiger partial charge in [-0.25, -0.2) is 4.98 Å². The van der Waals surface area contributed by atoms with E-state index in [4.69, 9.17) is 23.2 Å². The Hall–Kier alpha value is 0.01000. The Morgan fingerprint density at radius 2 is 2.15 bits per heavy atom. The second-order valence-electron chi connectivity index (χ2n) is 3.05. The molecule has 1 rings (SSSR count). The predicted octanol–water partition coefficient (Wildman–Crippen LogP) is 3.38. The Bertz CT molecular complexity index is 286. The number of hydrogen-bond acceptors (Lipinski definition) is 3. The summed E-state index contributed by atoms with van der Waals surface area (Å²) in [5.74, 6) is 0.433. The molecular formula is C8H12Cl2N2S. The van der Waals surface area contributed by atoms with E-state index in [1.165, 1.54) is 0 Å². The normalized spacial score (nSPS) is 10.9. The third-order valence-electron chi connectivity index (χ3n) is 1.84. The summed E-state index contributed by atoms with van der Waals surface area (Å²) in [5, 5.41) is 1.46. The second kappa shape index (κ2) is 4.49. The summed E-state index contributed by atoms with van der Waals surface area (Å²) in [4.78, 5) is 7.24. The number of hydrogen-bond donors (Lipinski definition) is 0. The molecule has 0 N–H and O–H groups in total. The number of aromatic nitrogens is 1. The molecule has 1 aromatic heterocycles. The molecule has 0 aliphatic heterocycles. The van der Waals surface area contributed by atoms with Crippen molar-refractivity contribution < 1.29 is 0 Å². The molecule has 13 heavy (non-hydrogen) atoms. The van der Waals surface area contributed by atoms with Crippen LogP contribution in [-0.4, -0.2) is 18.1 Å². The predicted molar refractivity (Wildman–Crippen MR) is 60.2 cm³/mol. The highest BCUT2D eigenvalue weighted by Crippen LogP contribution is 2.30. The van der Waals surface area contributed by atoms with Gasteiger partial charge in [-0.05, 0) is 13.8 Å². The van der Waals surface area contributed by atoms with Crippen LogP contribution in [0.3, 0.4) is 0 Å². The molecule has 1 aromatic rings. The summed E-state index contributed by atoms with van der Waals surface area (Å²) in [6, 6.07) is 0.422. The molecular weight excluding hydrogens is 227 g/mol. The van der Waals surface area contributed by atoms with Crippen LogP contribution in [0.5, 0.6) is 0 Å². The van der Waals surface area contributed by atoms with Crippen molar-refractivity contribution in [2.45, 2.75) is 25.8 Å². The Morgan fingerprint density at radius 3 is 2.54 bits per heavy atom. The molecule has 0 saturated heterocycles. The van der Waals surface area contributed by atoms with E-state index < -0.39 is 0 Å². The maximum Gasteiger partial charge on any atom is 0.187 e. The average molecular weight is 239 g/mol. The van der Waals surface area contributed by atoms with Crippen LogP contribution in [0.25, 0.3) is 0 Å². The monoisotopic (exact) mass is 238 g/mol. The zero-order valence-electron chi connectivity index (χ0n) is 7.84. The van der Waals surface area contributed by atoms with Gasteiger partial charge in [0.15, 0.2) is 5.13 Å². The highest BCUT2D eigenvalue weighted by atomic mass is 35.5. The number of thiazole rings is 1. The van der Waals surface area contributed by atoms with Crippen LogP contribution >= 0.6 is 34.5 Å². The van der Waals surface area contributed by atoms with Crippen LogP contribution in [0, 0.1) is 0 Å². The Kier molecular flexibility index (Phi) is 3.83. The lowest BCUT2D eigenvalue weighted by Gasteiger charge is -2.19. The van der Waals surface area contributed by atoms with E-state index in [1.54, 1.807) is 11.3 Å². The molecule has 0 aliphatic rings. The van der Waals surface area contributed by atoms with Crippen LogP contribution < -0.4 is 4.90 Å². The van der Waals surface area contributed by atoms with E-state index in [2.05, 4.69) is 23.7 Å². The van der Waals surface area contributed by atoms with E-state index in [1.807, 2.05) is 7.05 Å². The van der Waals surface area contributed by atoms with Gasteiger partial charge < -0.3 is 4.90 Å². The van der Waals surface area contributed by atoms with Crippen molar-refractivity contribution in [1.29, 1.82) is 0 Å². The van der Waals surface area contributed by atoms with Crippen LogP contribution in [0.1, 0.15) is 18.7 Å². The minimum absolute atomic E-state index is 0.422. The van der Waals surface area contributed by atoms with Gasteiger partial charge in [0.2, 0.25) is 0 Å². The molecule has 0 fully saturated rings. The zero-order chi connectivity index (χ0) is 10.0. The van der Waals surface area contributed by atoms with Crippen molar-refractivity contribution in [3.05, 3.63) is 10.0 Å². The molecule has 2 nitrogen and oxygen atoms in total. The molecule has 0 amide bonds. The summed E-state index contributed by atoms with van der Waals surface area (Å²) in [5.41, 5.74) is 0. The van der Waals surface area contributed by atoms with Crippen molar-refractivity contribution in [3.8, 4) is 0 Å². The molecule has 0 unspecified atom stereocenters. The largest absolute Gasteiger partial charge is 0.349 e.